The number of H-pyrrole nitrogens is 1. The molecule has 82 valence electrons. The summed E-state index contributed by atoms with van der Waals surface area (Å²) in [6.07, 6.45) is 6.12. The molecule has 1 atom stereocenters. The van der Waals surface area contributed by atoms with Crippen LogP contribution in [0, 0.1) is 5.92 Å². The summed E-state index contributed by atoms with van der Waals surface area (Å²) in [5.41, 5.74) is -0.0493. The van der Waals surface area contributed by atoms with Crippen molar-refractivity contribution in [2.45, 2.75) is 25.7 Å². The first-order valence-corrected chi connectivity index (χ1v) is 5.59. The molecule has 15 heavy (non-hydrogen) atoms. The lowest BCUT2D eigenvalue weighted by Crippen LogP contribution is -2.16. The van der Waals surface area contributed by atoms with Gasteiger partial charge >= 0.3 is 0 Å². The van der Waals surface area contributed by atoms with Crippen LogP contribution in [0.1, 0.15) is 25.1 Å². The lowest BCUT2D eigenvalue weighted by atomic mass is 9.97. The molecule has 2 heterocycles. The highest BCUT2D eigenvalue weighted by Gasteiger charge is 2.13. The maximum absolute atomic E-state index is 11.1. The molecule has 1 fully saturated rings. The second-order valence-electron chi connectivity index (χ2n) is 4.13. The number of aromatic amines is 1. The van der Waals surface area contributed by atoms with Crippen molar-refractivity contribution in [2.24, 2.45) is 5.92 Å². The van der Waals surface area contributed by atoms with E-state index in [0.29, 0.717) is 5.92 Å². The van der Waals surface area contributed by atoms with Gasteiger partial charge < -0.3 is 10.3 Å². The van der Waals surface area contributed by atoms with Crippen molar-refractivity contribution in [2.75, 3.05) is 13.1 Å². The Kier molecular flexibility index (Phi) is 3.50. The Hall–Kier alpha value is -1.16. The van der Waals surface area contributed by atoms with Crippen molar-refractivity contribution in [1.29, 1.82) is 0 Å². The Labute approximate surface area is 89.1 Å². The molecule has 1 unspecified atom stereocenters. The zero-order chi connectivity index (χ0) is 10.5. The zero-order valence-electron chi connectivity index (χ0n) is 8.83. The van der Waals surface area contributed by atoms with Gasteiger partial charge in [-0.25, -0.2) is 4.98 Å². The van der Waals surface area contributed by atoms with Crippen molar-refractivity contribution in [3.8, 4) is 0 Å². The van der Waals surface area contributed by atoms with Gasteiger partial charge in [-0.1, -0.05) is 0 Å². The van der Waals surface area contributed by atoms with E-state index in [1.165, 1.54) is 25.3 Å². The van der Waals surface area contributed by atoms with Crippen molar-refractivity contribution < 1.29 is 0 Å². The van der Waals surface area contributed by atoms with E-state index in [0.717, 1.165) is 25.3 Å². The van der Waals surface area contributed by atoms with E-state index < -0.39 is 0 Å². The van der Waals surface area contributed by atoms with Crippen LogP contribution in [0.2, 0.25) is 0 Å². The predicted molar refractivity (Wildman–Crippen MR) is 58.8 cm³/mol. The lowest BCUT2D eigenvalue weighted by Gasteiger charge is -2.11. The van der Waals surface area contributed by atoms with Gasteiger partial charge in [-0.15, -0.1) is 0 Å². The SMILES string of the molecule is O=c1ccnc(CC2CCCNCC2)[nH]1. The molecular weight excluding hydrogens is 190 g/mol. The van der Waals surface area contributed by atoms with Crippen LogP contribution in [-0.2, 0) is 6.42 Å². The van der Waals surface area contributed by atoms with Crippen molar-refractivity contribution in [3.63, 3.8) is 0 Å². The Bertz CT molecular complexity index is 353. The van der Waals surface area contributed by atoms with Gasteiger partial charge in [0.05, 0.1) is 0 Å². The summed E-state index contributed by atoms with van der Waals surface area (Å²) >= 11 is 0. The highest BCUT2D eigenvalue weighted by molar-refractivity contribution is 4.91. The largest absolute Gasteiger partial charge is 0.317 e. The van der Waals surface area contributed by atoms with Crippen LogP contribution in [0.5, 0.6) is 0 Å². The average molecular weight is 207 g/mol. The first kappa shape index (κ1) is 10.4. The van der Waals surface area contributed by atoms with Crippen LogP contribution in [0.25, 0.3) is 0 Å². The molecule has 1 aliphatic heterocycles. The molecule has 2 N–H and O–H groups in total. The first-order valence-electron chi connectivity index (χ1n) is 5.59. The number of nitrogens with zero attached hydrogens (tertiary/aromatic N) is 1. The monoisotopic (exact) mass is 207 g/mol. The number of aromatic nitrogens is 2. The van der Waals surface area contributed by atoms with Crippen LogP contribution >= 0.6 is 0 Å². The van der Waals surface area contributed by atoms with Gasteiger partial charge in [-0.3, -0.25) is 4.79 Å². The van der Waals surface area contributed by atoms with Gasteiger partial charge in [0.1, 0.15) is 5.82 Å². The fraction of sp³-hybridized carbons (Fsp3) is 0.636. The van der Waals surface area contributed by atoms with Crippen LogP contribution in [0.15, 0.2) is 17.1 Å². The smallest absolute Gasteiger partial charge is 0.250 e. The minimum Gasteiger partial charge on any atom is -0.317 e. The van der Waals surface area contributed by atoms with Gasteiger partial charge in [-0.2, -0.15) is 0 Å². The minimum atomic E-state index is -0.0493. The maximum Gasteiger partial charge on any atom is 0.250 e. The minimum absolute atomic E-state index is 0.0493. The second kappa shape index (κ2) is 5.07. The molecular formula is C11H17N3O. The fourth-order valence-corrected chi connectivity index (χ4v) is 2.08. The molecule has 1 aromatic rings. The summed E-state index contributed by atoms with van der Waals surface area (Å²) < 4.78 is 0. The Morgan fingerprint density at radius 3 is 3.20 bits per heavy atom. The number of hydrogen-bond acceptors (Lipinski definition) is 3. The first-order chi connectivity index (χ1) is 7.34. The number of nitrogens with one attached hydrogen (secondary N) is 2. The molecule has 0 radical (unpaired) electrons. The van der Waals surface area contributed by atoms with Crippen LogP contribution in [-0.4, -0.2) is 23.1 Å². The van der Waals surface area contributed by atoms with Crippen molar-refractivity contribution in [1.82, 2.24) is 15.3 Å². The van der Waals surface area contributed by atoms with Crippen LogP contribution in [0.4, 0.5) is 0 Å². The third kappa shape index (κ3) is 3.16. The summed E-state index contributed by atoms with van der Waals surface area (Å²) in [6.45, 7) is 2.21. The van der Waals surface area contributed by atoms with E-state index in [1.807, 2.05) is 0 Å². The Balaban J connectivity index is 1.98. The standard InChI is InChI=1S/C11H17N3O/c15-11-4-7-13-10(14-11)8-9-2-1-5-12-6-3-9/h4,7,9,12H,1-3,5-6,8H2,(H,13,14,15). The second-order valence-corrected chi connectivity index (χ2v) is 4.13. The van der Waals surface area contributed by atoms with E-state index in [9.17, 15) is 4.79 Å². The highest BCUT2D eigenvalue weighted by Crippen LogP contribution is 2.16. The van der Waals surface area contributed by atoms with Gasteiger partial charge in [-0.05, 0) is 38.3 Å². The lowest BCUT2D eigenvalue weighted by molar-refractivity contribution is 0.459. The van der Waals surface area contributed by atoms with Crippen molar-refractivity contribution >= 4 is 0 Å². The number of rotatable bonds is 2. The van der Waals surface area contributed by atoms with E-state index in [2.05, 4.69) is 15.3 Å². The molecule has 4 nitrogen and oxygen atoms in total. The van der Waals surface area contributed by atoms with Gasteiger partial charge in [0.25, 0.3) is 5.56 Å². The molecule has 0 bridgehead atoms. The average Bonchev–Trinajstić information content (AvgIpc) is 2.46. The molecule has 0 aromatic carbocycles. The molecule has 0 aliphatic carbocycles. The van der Waals surface area contributed by atoms with E-state index in [4.69, 9.17) is 0 Å². The van der Waals surface area contributed by atoms with Crippen LogP contribution < -0.4 is 10.9 Å². The molecule has 1 aromatic heterocycles. The van der Waals surface area contributed by atoms with E-state index in [-0.39, 0.29) is 5.56 Å². The third-order valence-electron chi connectivity index (χ3n) is 2.90. The summed E-state index contributed by atoms with van der Waals surface area (Å²) in [5.74, 6) is 1.49. The molecule has 0 saturated carbocycles. The summed E-state index contributed by atoms with van der Waals surface area (Å²) in [6, 6.07) is 1.46. The summed E-state index contributed by atoms with van der Waals surface area (Å²) in [5, 5.41) is 3.38. The summed E-state index contributed by atoms with van der Waals surface area (Å²) in [7, 11) is 0. The van der Waals surface area contributed by atoms with E-state index in [1.54, 1.807) is 6.20 Å². The summed E-state index contributed by atoms with van der Waals surface area (Å²) in [4.78, 5) is 18.1. The third-order valence-corrected chi connectivity index (χ3v) is 2.90. The maximum atomic E-state index is 11.1. The van der Waals surface area contributed by atoms with Gasteiger partial charge in [0.15, 0.2) is 0 Å². The molecule has 1 saturated heterocycles. The normalized spacial score (nSPS) is 22.3. The number of hydrogen-bond donors (Lipinski definition) is 2. The molecule has 0 amide bonds. The Morgan fingerprint density at radius 1 is 1.40 bits per heavy atom. The van der Waals surface area contributed by atoms with E-state index >= 15 is 0 Å². The molecule has 0 spiro atoms. The highest BCUT2D eigenvalue weighted by atomic mass is 16.1. The Morgan fingerprint density at radius 2 is 2.33 bits per heavy atom. The molecule has 4 heteroatoms. The van der Waals surface area contributed by atoms with Crippen LogP contribution in [0.3, 0.4) is 0 Å². The van der Waals surface area contributed by atoms with Gasteiger partial charge in [0.2, 0.25) is 0 Å². The quantitative estimate of drug-likeness (QED) is 0.750. The zero-order valence-corrected chi connectivity index (χ0v) is 8.83. The predicted octanol–water partition coefficient (Wildman–Crippen LogP) is 0.702. The fourth-order valence-electron chi connectivity index (χ4n) is 2.08. The molecule has 2 rings (SSSR count). The molecule has 1 aliphatic rings. The van der Waals surface area contributed by atoms with Crippen molar-refractivity contribution in [3.05, 3.63) is 28.4 Å². The topological polar surface area (TPSA) is 57.8 Å². The van der Waals surface area contributed by atoms with Gasteiger partial charge in [0, 0.05) is 18.7 Å².